The maximum absolute atomic E-state index is 12.1. The predicted molar refractivity (Wildman–Crippen MR) is 77.8 cm³/mol. The Morgan fingerprint density at radius 1 is 1.30 bits per heavy atom. The topological polar surface area (TPSA) is 77.2 Å². The number of anilines is 1. The SMILES string of the molecule is COc1cc(C(=O)Nc2ccncc2)ccc1C(C)N. The lowest BCUT2D eigenvalue weighted by molar-refractivity contribution is 0.102. The van der Waals surface area contributed by atoms with Crippen molar-refractivity contribution < 1.29 is 9.53 Å². The van der Waals surface area contributed by atoms with Crippen LogP contribution in [0.3, 0.4) is 0 Å². The van der Waals surface area contributed by atoms with Gasteiger partial charge in [0.25, 0.3) is 5.91 Å². The Balaban J connectivity index is 2.22. The minimum atomic E-state index is -0.203. The quantitative estimate of drug-likeness (QED) is 0.895. The number of hydrogen-bond donors (Lipinski definition) is 2. The lowest BCUT2D eigenvalue weighted by Crippen LogP contribution is -2.13. The van der Waals surface area contributed by atoms with Crippen LogP contribution in [0.15, 0.2) is 42.7 Å². The molecule has 0 radical (unpaired) electrons. The van der Waals surface area contributed by atoms with Crippen molar-refractivity contribution in [1.29, 1.82) is 0 Å². The number of nitrogens with one attached hydrogen (secondary N) is 1. The summed E-state index contributed by atoms with van der Waals surface area (Å²) in [6.07, 6.45) is 3.24. The van der Waals surface area contributed by atoms with Gasteiger partial charge in [-0.3, -0.25) is 9.78 Å². The second-order valence-electron chi connectivity index (χ2n) is 4.44. The number of amides is 1. The molecule has 0 saturated carbocycles. The first-order valence-corrected chi connectivity index (χ1v) is 6.26. The van der Waals surface area contributed by atoms with Crippen LogP contribution < -0.4 is 15.8 Å². The molecule has 1 atom stereocenters. The van der Waals surface area contributed by atoms with Gasteiger partial charge in [0.15, 0.2) is 0 Å². The highest BCUT2D eigenvalue weighted by Gasteiger charge is 2.12. The molecule has 20 heavy (non-hydrogen) atoms. The van der Waals surface area contributed by atoms with Crippen LogP contribution in [0.1, 0.15) is 28.9 Å². The van der Waals surface area contributed by atoms with Crippen molar-refractivity contribution in [3.63, 3.8) is 0 Å². The van der Waals surface area contributed by atoms with E-state index in [1.54, 1.807) is 43.8 Å². The maximum atomic E-state index is 12.1. The van der Waals surface area contributed by atoms with E-state index >= 15 is 0 Å². The molecule has 0 spiro atoms. The van der Waals surface area contributed by atoms with Crippen molar-refractivity contribution in [2.75, 3.05) is 12.4 Å². The first-order valence-electron chi connectivity index (χ1n) is 6.26. The number of nitrogens with two attached hydrogens (primary N) is 1. The van der Waals surface area contributed by atoms with E-state index in [4.69, 9.17) is 10.5 Å². The summed E-state index contributed by atoms with van der Waals surface area (Å²) in [5.41, 5.74) is 7.93. The fraction of sp³-hybridized carbons (Fsp3) is 0.200. The highest BCUT2D eigenvalue weighted by molar-refractivity contribution is 6.04. The lowest BCUT2D eigenvalue weighted by Gasteiger charge is -2.13. The van der Waals surface area contributed by atoms with E-state index in [2.05, 4.69) is 10.3 Å². The molecule has 1 unspecified atom stereocenters. The zero-order valence-electron chi connectivity index (χ0n) is 11.5. The number of carbonyl (C=O) groups excluding carboxylic acids is 1. The van der Waals surface area contributed by atoms with Crippen LogP contribution in [-0.4, -0.2) is 18.0 Å². The van der Waals surface area contributed by atoms with Gasteiger partial charge in [-0.05, 0) is 31.2 Å². The second kappa shape index (κ2) is 6.16. The minimum Gasteiger partial charge on any atom is -0.496 e. The zero-order chi connectivity index (χ0) is 14.5. The maximum Gasteiger partial charge on any atom is 0.255 e. The van der Waals surface area contributed by atoms with E-state index < -0.39 is 0 Å². The summed E-state index contributed by atoms with van der Waals surface area (Å²) in [4.78, 5) is 16.0. The van der Waals surface area contributed by atoms with Crippen LogP contribution in [0.25, 0.3) is 0 Å². The Morgan fingerprint density at radius 2 is 2.00 bits per heavy atom. The number of ether oxygens (including phenoxy) is 1. The third-order valence-corrected chi connectivity index (χ3v) is 2.92. The molecule has 0 saturated heterocycles. The van der Waals surface area contributed by atoms with Gasteiger partial charge in [-0.15, -0.1) is 0 Å². The fourth-order valence-electron chi connectivity index (χ4n) is 1.87. The van der Waals surface area contributed by atoms with E-state index in [9.17, 15) is 4.79 Å². The second-order valence-corrected chi connectivity index (χ2v) is 4.44. The summed E-state index contributed by atoms with van der Waals surface area (Å²) in [6.45, 7) is 1.87. The molecule has 3 N–H and O–H groups in total. The molecule has 0 fully saturated rings. The van der Waals surface area contributed by atoms with Gasteiger partial charge in [-0.1, -0.05) is 6.07 Å². The van der Waals surface area contributed by atoms with E-state index in [1.807, 2.05) is 13.0 Å². The van der Waals surface area contributed by atoms with Crippen molar-refractivity contribution >= 4 is 11.6 Å². The summed E-state index contributed by atoms with van der Waals surface area (Å²) >= 11 is 0. The Hall–Kier alpha value is -2.40. The monoisotopic (exact) mass is 271 g/mol. The number of carbonyl (C=O) groups is 1. The lowest BCUT2D eigenvalue weighted by atomic mass is 10.0. The van der Waals surface area contributed by atoms with Crippen LogP contribution in [0, 0.1) is 0 Å². The Kier molecular flexibility index (Phi) is 4.32. The molecule has 1 heterocycles. The smallest absolute Gasteiger partial charge is 0.255 e. The van der Waals surface area contributed by atoms with Crippen molar-refractivity contribution in [3.05, 3.63) is 53.9 Å². The molecule has 0 aliphatic carbocycles. The van der Waals surface area contributed by atoms with Crippen molar-refractivity contribution in [3.8, 4) is 5.75 Å². The van der Waals surface area contributed by atoms with Gasteiger partial charge in [-0.2, -0.15) is 0 Å². The van der Waals surface area contributed by atoms with Gasteiger partial charge in [0, 0.05) is 35.2 Å². The molecule has 2 rings (SSSR count). The Morgan fingerprint density at radius 3 is 2.60 bits per heavy atom. The summed E-state index contributed by atoms with van der Waals surface area (Å²) < 4.78 is 5.28. The molecular formula is C15H17N3O2. The summed E-state index contributed by atoms with van der Waals surface area (Å²) in [6, 6.07) is 8.54. The average Bonchev–Trinajstić information content (AvgIpc) is 2.47. The molecule has 1 amide bonds. The summed E-state index contributed by atoms with van der Waals surface area (Å²) in [5, 5.41) is 2.79. The van der Waals surface area contributed by atoms with Crippen LogP contribution in [0.5, 0.6) is 5.75 Å². The number of nitrogens with zero attached hydrogens (tertiary/aromatic N) is 1. The van der Waals surface area contributed by atoms with E-state index in [-0.39, 0.29) is 11.9 Å². The van der Waals surface area contributed by atoms with Gasteiger partial charge in [0.05, 0.1) is 7.11 Å². The van der Waals surface area contributed by atoms with Gasteiger partial charge in [0.1, 0.15) is 5.75 Å². The number of methoxy groups -OCH3 is 1. The molecule has 1 aromatic carbocycles. The van der Waals surface area contributed by atoms with E-state index in [0.717, 1.165) is 5.56 Å². The van der Waals surface area contributed by atoms with Crippen molar-refractivity contribution in [2.45, 2.75) is 13.0 Å². The average molecular weight is 271 g/mol. The Labute approximate surface area is 117 Å². The Bertz CT molecular complexity index is 597. The predicted octanol–water partition coefficient (Wildman–Crippen LogP) is 2.36. The highest BCUT2D eigenvalue weighted by atomic mass is 16.5. The summed E-state index contributed by atoms with van der Waals surface area (Å²) in [5.74, 6) is 0.410. The first kappa shape index (κ1) is 14.0. The van der Waals surface area contributed by atoms with Crippen LogP contribution in [0.4, 0.5) is 5.69 Å². The van der Waals surface area contributed by atoms with Crippen molar-refractivity contribution in [2.24, 2.45) is 5.73 Å². The normalized spacial score (nSPS) is 11.8. The molecular weight excluding hydrogens is 254 g/mol. The van der Waals surface area contributed by atoms with Crippen molar-refractivity contribution in [1.82, 2.24) is 4.98 Å². The molecule has 0 aliphatic heterocycles. The molecule has 2 aromatic rings. The van der Waals surface area contributed by atoms with Gasteiger partial charge < -0.3 is 15.8 Å². The summed E-state index contributed by atoms with van der Waals surface area (Å²) in [7, 11) is 1.56. The number of aromatic nitrogens is 1. The molecule has 5 heteroatoms. The first-order chi connectivity index (χ1) is 9.61. The van der Waals surface area contributed by atoms with E-state index in [1.165, 1.54) is 0 Å². The largest absolute Gasteiger partial charge is 0.496 e. The number of benzene rings is 1. The molecule has 104 valence electrons. The van der Waals surface area contributed by atoms with Gasteiger partial charge in [-0.25, -0.2) is 0 Å². The fourth-order valence-corrected chi connectivity index (χ4v) is 1.87. The standard InChI is InChI=1S/C15H17N3O2/c1-10(16)13-4-3-11(9-14(13)20-2)15(19)18-12-5-7-17-8-6-12/h3-10H,16H2,1-2H3,(H,17,18,19). The molecule has 0 bridgehead atoms. The third-order valence-electron chi connectivity index (χ3n) is 2.92. The van der Waals surface area contributed by atoms with Crippen LogP contribution >= 0.6 is 0 Å². The number of pyridine rings is 1. The highest BCUT2D eigenvalue weighted by Crippen LogP contribution is 2.25. The molecule has 1 aromatic heterocycles. The minimum absolute atomic E-state index is 0.151. The molecule has 5 nitrogen and oxygen atoms in total. The van der Waals surface area contributed by atoms with Gasteiger partial charge >= 0.3 is 0 Å². The zero-order valence-corrected chi connectivity index (χ0v) is 11.5. The molecule has 0 aliphatic rings. The van der Waals surface area contributed by atoms with Gasteiger partial charge in [0.2, 0.25) is 0 Å². The number of rotatable bonds is 4. The van der Waals surface area contributed by atoms with E-state index in [0.29, 0.717) is 17.0 Å². The van der Waals surface area contributed by atoms with Crippen LogP contribution in [-0.2, 0) is 0 Å². The number of hydrogen-bond acceptors (Lipinski definition) is 4. The van der Waals surface area contributed by atoms with Crippen LogP contribution in [0.2, 0.25) is 0 Å². The third kappa shape index (κ3) is 3.13.